The number of hydrogen-bond donors (Lipinski definition) is 0. The molecule has 250 valence electrons. The third-order valence-electron chi connectivity index (χ3n) is 10.6. The first kappa shape index (κ1) is 32.9. The summed E-state index contributed by atoms with van der Waals surface area (Å²) >= 11 is 0. The number of hydrogen-bond acceptors (Lipinski definition) is 3. The van der Waals surface area contributed by atoms with Gasteiger partial charge in [0.05, 0.1) is 16.1 Å². The second-order valence-corrected chi connectivity index (χ2v) is 26.8. The Morgan fingerprint density at radius 3 is 1.31 bits per heavy atom. The lowest BCUT2D eigenvalue weighted by Crippen LogP contribution is -2.63. The number of nitrogens with zero attached hydrogens (tertiary/aromatic N) is 3. The van der Waals surface area contributed by atoms with Gasteiger partial charge in [0.25, 0.3) is 0 Å². The van der Waals surface area contributed by atoms with Crippen LogP contribution >= 0.6 is 0 Å². The van der Waals surface area contributed by atoms with E-state index >= 15 is 0 Å². The fourth-order valence-corrected chi connectivity index (χ4v) is 21.9. The molecule has 0 N–H and O–H groups in total. The Kier molecular flexibility index (Phi) is 8.08. The summed E-state index contributed by atoms with van der Waals surface area (Å²) < 4.78 is 0.0987. The van der Waals surface area contributed by atoms with E-state index < -0.39 is 16.1 Å². The van der Waals surface area contributed by atoms with Gasteiger partial charge >= 0.3 is 0 Å². The summed E-state index contributed by atoms with van der Waals surface area (Å²) in [6.45, 7) is 15.4. The first-order valence-corrected chi connectivity index (χ1v) is 24.9. The van der Waals surface area contributed by atoms with Crippen molar-refractivity contribution < 1.29 is 0 Å². The van der Waals surface area contributed by atoms with E-state index in [0.717, 1.165) is 27.8 Å². The van der Waals surface area contributed by atoms with Gasteiger partial charge in [-0.05, 0) is 56.6 Å². The van der Waals surface area contributed by atoms with Crippen LogP contribution in [0.2, 0.25) is 39.3 Å². The molecule has 1 aromatic heterocycles. The minimum absolute atomic E-state index is 0.0987. The molecule has 0 radical (unpaired) electrons. The molecule has 0 amide bonds. The second kappa shape index (κ2) is 12.5. The Hall–Kier alpha value is -5.24. The minimum atomic E-state index is -1.77. The van der Waals surface area contributed by atoms with Crippen LogP contribution in [0, 0.1) is 0 Å². The molecule has 8 rings (SSSR count). The van der Waals surface area contributed by atoms with Crippen LogP contribution in [0.1, 0.15) is 11.1 Å². The van der Waals surface area contributed by atoms with Gasteiger partial charge < -0.3 is 0 Å². The lowest BCUT2D eigenvalue weighted by Gasteiger charge is -2.51. The maximum atomic E-state index is 5.13. The highest BCUT2D eigenvalue weighted by Gasteiger charge is 2.59. The van der Waals surface area contributed by atoms with Crippen molar-refractivity contribution in [2.45, 2.75) is 43.9 Å². The lowest BCUT2D eigenvalue weighted by molar-refractivity contribution is 0.952. The molecule has 0 unspecified atom stereocenters. The molecule has 0 aliphatic heterocycles. The maximum Gasteiger partial charge on any atom is 0.164 e. The highest BCUT2D eigenvalue weighted by Crippen LogP contribution is 2.58. The van der Waals surface area contributed by atoms with Crippen LogP contribution in [0.5, 0.6) is 0 Å². The zero-order chi connectivity index (χ0) is 35.4. The first-order chi connectivity index (χ1) is 24.5. The standard InChI is InChI=1S/C46H43N3Si2/c1-50(2,3)46(51(4,5)6)41-26-14-13-25-39(41)40-28-27-36(31-42(40)46)35-22-16-24-38(30-35)45-48-43(33-19-11-8-12-20-33)47-44(49-45)37-23-15-21-34(29-37)32-17-9-7-10-18-32/h7-31H,1-6H3. The van der Waals surface area contributed by atoms with Crippen molar-refractivity contribution in [1.29, 1.82) is 0 Å². The molecule has 1 aliphatic rings. The monoisotopic (exact) mass is 693 g/mol. The molecule has 0 bridgehead atoms. The predicted molar refractivity (Wildman–Crippen MR) is 220 cm³/mol. The molecule has 3 nitrogen and oxygen atoms in total. The summed E-state index contributed by atoms with van der Waals surface area (Å²) in [6.07, 6.45) is 0. The molecule has 7 aromatic rings. The van der Waals surface area contributed by atoms with Crippen molar-refractivity contribution in [3.63, 3.8) is 0 Å². The predicted octanol–water partition coefficient (Wildman–Crippen LogP) is 12.2. The van der Waals surface area contributed by atoms with Crippen molar-refractivity contribution in [1.82, 2.24) is 15.0 Å². The Bertz CT molecular complexity index is 2380. The smallest absolute Gasteiger partial charge is 0.164 e. The van der Waals surface area contributed by atoms with Gasteiger partial charge in [0.1, 0.15) is 0 Å². The Morgan fingerprint density at radius 2 is 0.745 bits per heavy atom. The van der Waals surface area contributed by atoms with Gasteiger partial charge in [0.2, 0.25) is 0 Å². The van der Waals surface area contributed by atoms with E-state index in [1.807, 2.05) is 24.3 Å². The molecule has 6 aromatic carbocycles. The fraction of sp³-hybridized carbons (Fsp3) is 0.152. The maximum absolute atomic E-state index is 5.13. The van der Waals surface area contributed by atoms with Gasteiger partial charge in [-0.1, -0.05) is 179 Å². The van der Waals surface area contributed by atoms with Crippen LogP contribution < -0.4 is 0 Å². The number of benzene rings is 6. The first-order valence-electron chi connectivity index (χ1n) is 17.9. The highest BCUT2D eigenvalue weighted by molar-refractivity contribution is 6.99. The van der Waals surface area contributed by atoms with Gasteiger partial charge in [-0.3, -0.25) is 0 Å². The highest BCUT2D eigenvalue weighted by atomic mass is 28.4. The molecule has 0 saturated carbocycles. The normalized spacial score (nSPS) is 13.5. The molecule has 1 heterocycles. The van der Waals surface area contributed by atoms with Crippen molar-refractivity contribution in [3.8, 4) is 67.5 Å². The van der Waals surface area contributed by atoms with Crippen LogP contribution in [-0.4, -0.2) is 31.1 Å². The largest absolute Gasteiger partial charge is 0.208 e. The molecular formula is C46H43N3Si2. The summed E-state index contributed by atoms with van der Waals surface area (Å²) in [4.78, 5) is 15.2. The lowest BCUT2D eigenvalue weighted by atomic mass is 9.97. The topological polar surface area (TPSA) is 38.7 Å². The number of rotatable bonds is 7. The summed E-state index contributed by atoms with van der Waals surface area (Å²) in [5, 5.41) is 0. The van der Waals surface area contributed by atoms with Gasteiger partial charge in [-0.2, -0.15) is 0 Å². The van der Waals surface area contributed by atoms with E-state index in [1.54, 1.807) is 5.56 Å². The molecule has 0 fully saturated rings. The van der Waals surface area contributed by atoms with Crippen molar-refractivity contribution in [2.75, 3.05) is 0 Å². The molecule has 1 aliphatic carbocycles. The van der Waals surface area contributed by atoms with E-state index in [2.05, 4.69) is 167 Å². The van der Waals surface area contributed by atoms with Crippen LogP contribution in [0.3, 0.4) is 0 Å². The van der Waals surface area contributed by atoms with Crippen molar-refractivity contribution in [3.05, 3.63) is 163 Å². The molecule has 51 heavy (non-hydrogen) atoms. The third kappa shape index (κ3) is 5.61. The zero-order valence-corrected chi connectivity index (χ0v) is 32.3. The SMILES string of the molecule is C[Si](C)(C)C1([Si](C)(C)C)c2ccccc2-c2ccc(-c3cccc(-c4nc(-c5ccccc5)nc(-c5cccc(-c6ccccc6)c5)n4)c3)cc21. The van der Waals surface area contributed by atoms with E-state index in [-0.39, 0.29) is 4.66 Å². The van der Waals surface area contributed by atoms with Gasteiger partial charge in [0.15, 0.2) is 17.5 Å². The van der Waals surface area contributed by atoms with Crippen molar-refractivity contribution in [2.24, 2.45) is 0 Å². The minimum Gasteiger partial charge on any atom is -0.208 e. The summed E-state index contributed by atoms with van der Waals surface area (Å²) in [7, 11) is -3.54. The third-order valence-corrected chi connectivity index (χ3v) is 20.7. The molecule has 0 saturated heterocycles. The zero-order valence-electron chi connectivity index (χ0n) is 30.3. The number of fused-ring (bicyclic) bond motifs is 3. The average molecular weight is 694 g/mol. The summed E-state index contributed by atoms with van der Waals surface area (Å²) in [5.74, 6) is 1.99. The van der Waals surface area contributed by atoms with E-state index in [4.69, 9.17) is 15.0 Å². The van der Waals surface area contributed by atoms with E-state index in [9.17, 15) is 0 Å². The number of aromatic nitrogens is 3. The molecule has 5 heteroatoms. The Morgan fingerprint density at radius 1 is 0.333 bits per heavy atom. The Balaban J connectivity index is 1.27. The van der Waals surface area contributed by atoms with Crippen LogP contribution in [0.15, 0.2) is 152 Å². The van der Waals surface area contributed by atoms with Crippen LogP contribution in [0.4, 0.5) is 0 Å². The quantitative estimate of drug-likeness (QED) is 0.156. The van der Waals surface area contributed by atoms with E-state index in [1.165, 1.54) is 27.8 Å². The van der Waals surface area contributed by atoms with Gasteiger partial charge in [-0.15, -0.1) is 0 Å². The summed E-state index contributed by atoms with van der Waals surface area (Å²) in [6, 6.07) is 54.3. The molecular weight excluding hydrogens is 651 g/mol. The van der Waals surface area contributed by atoms with Crippen LogP contribution in [0.25, 0.3) is 67.5 Å². The Labute approximate surface area is 304 Å². The van der Waals surface area contributed by atoms with Crippen molar-refractivity contribution >= 4 is 16.1 Å². The molecule has 0 spiro atoms. The van der Waals surface area contributed by atoms with Gasteiger partial charge in [-0.25, -0.2) is 15.0 Å². The average Bonchev–Trinajstić information content (AvgIpc) is 3.47. The second-order valence-electron chi connectivity index (χ2n) is 15.8. The van der Waals surface area contributed by atoms with Crippen LogP contribution in [-0.2, 0) is 4.66 Å². The fourth-order valence-electron chi connectivity index (χ4n) is 8.86. The van der Waals surface area contributed by atoms with E-state index in [0.29, 0.717) is 17.5 Å². The molecule has 0 atom stereocenters. The summed E-state index contributed by atoms with van der Waals surface area (Å²) in [5.41, 5.74) is 13.5. The van der Waals surface area contributed by atoms with Gasteiger partial charge in [0, 0.05) is 21.4 Å².